The van der Waals surface area contributed by atoms with E-state index in [-0.39, 0.29) is 12.1 Å². The number of hydrogen-bond acceptors (Lipinski definition) is 4. The first kappa shape index (κ1) is 8.77. The Hall–Kier alpha value is -1.81. The average molecular weight is 187 g/mol. The Morgan fingerprint density at radius 3 is 2.86 bits per heavy atom. The second-order valence-corrected chi connectivity index (χ2v) is 2.88. The fourth-order valence-corrected chi connectivity index (χ4v) is 1.22. The molecule has 0 bridgehead atoms. The summed E-state index contributed by atoms with van der Waals surface area (Å²) in [5, 5.41) is 0.837. The van der Waals surface area contributed by atoms with Crippen LogP contribution in [0.15, 0.2) is 35.3 Å². The van der Waals surface area contributed by atoms with Gasteiger partial charge in [-0.25, -0.2) is 4.98 Å². The summed E-state index contributed by atoms with van der Waals surface area (Å²) in [4.78, 5) is 19.3. The number of rotatable bonds is 1. The van der Waals surface area contributed by atoms with Crippen molar-refractivity contribution >= 4 is 10.9 Å². The number of para-hydroxylation sites is 1. The van der Waals surface area contributed by atoms with E-state index in [1.807, 2.05) is 18.2 Å². The first-order valence-electron chi connectivity index (χ1n) is 4.26. The molecule has 0 amide bonds. The van der Waals surface area contributed by atoms with E-state index in [9.17, 15) is 4.79 Å². The van der Waals surface area contributed by atoms with Gasteiger partial charge in [0.05, 0.1) is 5.52 Å². The van der Waals surface area contributed by atoms with Crippen LogP contribution in [-0.2, 0) is 6.54 Å². The Morgan fingerprint density at radius 1 is 1.29 bits per heavy atom. The summed E-state index contributed by atoms with van der Waals surface area (Å²) in [5.41, 5.74) is 5.95. The smallest absolute Gasteiger partial charge is 0.293 e. The molecule has 1 aromatic carbocycles. The second-order valence-electron chi connectivity index (χ2n) is 2.88. The van der Waals surface area contributed by atoms with Crippen LogP contribution in [0.5, 0.6) is 0 Å². The molecule has 1 heterocycles. The van der Waals surface area contributed by atoms with E-state index in [2.05, 4.69) is 9.97 Å². The van der Waals surface area contributed by atoms with Crippen LogP contribution in [0.3, 0.4) is 0 Å². The molecule has 2 aromatic rings. The van der Waals surface area contributed by atoms with Gasteiger partial charge in [0.2, 0.25) is 0 Å². The number of benzene rings is 1. The third kappa shape index (κ3) is 1.47. The molecule has 0 radical (unpaired) electrons. The van der Waals surface area contributed by atoms with Gasteiger partial charge in [0.25, 0.3) is 5.56 Å². The lowest BCUT2D eigenvalue weighted by Gasteiger charge is -1.85. The highest BCUT2D eigenvalue weighted by Crippen LogP contribution is 2.05. The van der Waals surface area contributed by atoms with Crippen molar-refractivity contribution in [3.8, 4) is 0 Å². The van der Waals surface area contributed by atoms with Crippen LogP contribution < -0.4 is 11.3 Å². The maximum absolute atomic E-state index is 11.4. The van der Waals surface area contributed by atoms with Gasteiger partial charge >= 0.3 is 0 Å². The van der Waals surface area contributed by atoms with E-state index in [1.165, 1.54) is 0 Å². The van der Waals surface area contributed by atoms with Crippen LogP contribution in [0.2, 0.25) is 0 Å². The SMILES string of the molecule is NCc1ncc2ccccc2nc1=O. The van der Waals surface area contributed by atoms with Crippen molar-refractivity contribution in [1.82, 2.24) is 9.97 Å². The monoisotopic (exact) mass is 187 g/mol. The van der Waals surface area contributed by atoms with Crippen molar-refractivity contribution in [2.75, 3.05) is 0 Å². The molecule has 70 valence electrons. The first-order valence-corrected chi connectivity index (χ1v) is 4.26. The zero-order chi connectivity index (χ0) is 9.97. The molecule has 0 aliphatic rings. The minimum Gasteiger partial charge on any atom is -0.325 e. The average Bonchev–Trinajstić information content (AvgIpc) is 2.36. The van der Waals surface area contributed by atoms with Crippen LogP contribution >= 0.6 is 0 Å². The highest BCUT2D eigenvalue weighted by Gasteiger charge is 1.98. The van der Waals surface area contributed by atoms with E-state index in [1.54, 1.807) is 12.3 Å². The quantitative estimate of drug-likeness (QED) is 0.703. The lowest BCUT2D eigenvalue weighted by Crippen LogP contribution is -2.14. The maximum Gasteiger partial charge on any atom is 0.293 e. The molecule has 0 aliphatic heterocycles. The summed E-state index contributed by atoms with van der Waals surface area (Å²) in [6, 6.07) is 7.34. The van der Waals surface area contributed by atoms with E-state index in [4.69, 9.17) is 5.73 Å². The third-order valence-corrected chi connectivity index (χ3v) is 1.96. The predicted molar refractivity (Wildman–Crippen MR) is 53.7 cm³/mol. The Bertz CT molecular complexity index is 525. The summed E-state index contributed by atoms with van der Waals surface area (Å²) in [6.45, 7) is 0.118. The van der Waals surface area contributed by atoms with Gasteiger partial charge in [0.15, 0.2) is 0 Å². The molecule has 0 unspecified atom stereocenters. The van der Waals surface area contributed by atoms with Crippen LogP contribution in [0.25, 0.3) is 10.9 Å². The van der Waals surface area contributed by atoms with Gasteiger partial charge in [0, 0.05) is 18.1 Å². The lowest BCUT2D eigenvalue weighted by atomic mass is 10.2. The molecule has 0 atom stereocenters. The second kappa shape index (κ2) is 3.51. The molecular weight excluding hydrogens is 178 g/mol. The fourth-order valence-electron chi connectivity index (χ4n) is 1.22. The van der Waals surface area contributed by atoms with Gasteiger partial charge in [-0.1, -0.05) is 18.2 Å². The molecule has 14 heavy (non-hydrogen) atoms. The Balaban J connectivity index is 2.86. The molecule has 2 N–H and O–H groups in total. The minimum atomic E-state index is -0.353. The Kier molecular flexibility index (Phi) is 2.20. The molecule has 0 aliphatic carbocycles. The van der Waals surface area contributed by atoms with Crippen molar-refractivity contribution in [2.24, 2.45) is 5.73 Å². The zero-order valence-electron chi connectivity index (χ0n) is 7.47. The van der Waals surface area contributed by atoms with Gasteiger partial charge in [0.1, 0.15) is 5.69 Å². The molecule has 0 saturated heterocycles. The Morgan fingerprint density at radius 2 is 2.07 bits per heavy atom. The molecule has 0 saturated carbocycles. The largest absolute Gasteiger partial charge is 0.325 e. The summed E-state index contributed by atoms with van der Waals surface area (Å²) in [6.07, 6.45) is 1.62. The van der Waals surface area contributed by atoms with Crippen molar-refractivity contribution in [3.63, 3.8) is 0 Å². The number of nitrogens with zero attached hydrogens (tertiary/aromatic N) is 2. The highest BCUT2D eigenvalue weighted by atomic mass is 16.1. The van der Waals surface area contributed by atoms with Crippen molar-refractivity contribution in [1.29, 1.82) is 0 Å². The standard InChI is InChI=1S/C10H9N3O/c11-5-9-10(14)13-8-4-2-1-3-7(8)6-12-9/h1-4,6H,5,11H2. The molecular formula is C10H9N3O. The van der Waals surface area contributed by atoms with Crippen LogP contribution in [0.4, 0.5) is 0 Å². The number of hydrogen-bond donors (Lipinski definition) is 1. The molecule has 0 spiro atoms. The minimum absolute atomic E-state index is 0.118. The van der Waals surface area contributed by atoms with Crippen LogP contribution in [0, 0.1) is 0 Å². The molecule has 2 rings (SSSR count). The fraction of sp³-hybridized carbons (Fsp3) is 0.100. The van der Waals surface area contributed by atoms with Gasteiger partial charge in [-0.05, 0) is 6.07 Å². The van der Waals surface area contributed by atoms with Crippen LogP contribution in [-0.4, -0.2) is 9.97 Å². The predicted octanol–water partition coefficient (Wildman–Crippen LogP) is 0.449. The third-order valence-electron chi connectivity index (χ3n) is 1.96. The first-order chi connectivity index (χ1) is 6.81. The van der Waals surface area contributed by atoms with Crippen molar-refractivity contribution < 1.29 is 0 Å². The van der Waals surface area contributed by atoms with Gasteiger partial charge in [-0.3, -0.25) is 9.78 Å². The van der Waals surface area contributed by atoms with E-state index in [0.29, 0.717) is 11.2 Å². The van der Waals surface area contributed by atoms with Gasteiger partial charge in [-0.15, -0.1) is 0 Å². The molecule has 0 fully saturated rings. The molecule has 4 nitrogen and oxygen atoms in total. The summed E-state index contributed by atoms with van der Waals surface area (Å²) in [7, 11) is 0. The zero-order valence-corrected chi connectivity index (χ0v) is 7.47. The summed E-state index contributed by atoms with van der Waals surface area (Å²) >= 11 is 0. The topological polar surface area (TPSA) is 68.9 Å². The normalized spacial score (nSPS) is 10.4. The maximum atomic E-state index is 11.4. The number of aromatic nitrogens is 2. The summed E-state index contributed by atoms with van der Waals surface area (Å²) < 4.78 is 0. The van der Waals surface area contributed by atoms with Crippen molar-refractivity contribution in [3.05, 3.63) is 46.5 Å². The van der Waals surface area contributed by atoms with E-state index in [0.717, 1.165) is 5.39 Å². The van der Waals surface area contributed by atoms with Crippen molar-refractivity contribution in [2.45, 2.75) is 6.54 Å². The highest BCUT2D eigenvalue weighted by molar-refractivity contribution is 5.76. The number of nitrogens with two attached hydrogens (primary N) is 1. The summed E-state index contributed by atoms with van der Waals surface area (Å²) in [5.74, 6) is 0. The molecule has 1 aromatic heterocycles. The van der Waals surface area contributed by atoms with Gasteiger partial charge < -0.3 is 5.73 Å². The van der Waals surface area contributed by atoms with E-state index < -0.39 is 0 Å². The van der Waals surface area contributed by atoms with E-state index >= 15 is 0 Å². The van der Waals surface area contributed by atoms with Gasteiger partial charge in [-0.2, -0.15) is 0 Å². The number of fused-ring (bicyclic) bond motifs is 1. The lowest BCUT2D eigenvalue weighted by molar-refractivity contribution is 0.964. The molecule has 4 heteroatoms. The Labute approximate surface area is 80.4 Å². The van der Waals surface area contributed by atoms with Crippen LogP contribution in [0.1, 0.15) is 5.69 Å².